The molecule has 1 unspecified atom stereocenters. The van der Waals surface area contributed by atoms with Gasteiger partial charge in [-0.2, -0.15) is 0 Å². The maximum atomic E-state index is 5.81. The van der Waals surface area contributed by atoms with Crippen molar-refractivity contribution in [3.8, 4) is 11.5 Å². The first-order chi connectivity index (χ1) is 8.40. The quantitative estimate of drug-likeness (QED) is 0.864. The summed E-state index contributed by atoms with van der Waals surface area (Å²) >= 11 is 0. The van der Waals surface area contributed by atoms with E-state index in [1.165, 1.54) is 18.4 Å². The highest BCUT2D eigenvalue weighted by Gasteiger charge is 2.34. The Hall–Kier alpha value is -1.22. The largest absolute Gasteiger partial charge is 0.486 e. The lowest BCUT2D eigenvalue weighted by molar-refractivity contribution is 0.169. The number of nitrogens with one attached hydrogen (secondary N) is 1. The van der Waals surface area contributed by atoms with E-state index in [-0.39, 0.29) is 0 Å². The Morgan fingerprint density at radius 3 is 2.88 bits per heavy atom. The van der Waals surface area contributed by atoms with Crippen LogP contribution in [0.3, 0.4) is 0 Å². The molecule has 1 atom stereocenters. The molecule has 0 aromatic heterocycles. The first kappa shape index (κ1) is 10.9. The van der Waals surface area contributed by atoms with Crippen molar-refractivity contribution in [2.24, 2.45) is 5.92 Å². The SMILES string of the molecule is CNCC(c1cccc2c1OCCO2)C1CC1. The molecule has 0 bridgehead atoms. The van der Waals surface area contributed by atoms with Crippen molar-refractivity contribution >= 4 is 0 Å². The molecular formula is C14H19NO2. The van der Waals surface area contributed by atoms with Crippen molar-refractivity contribution in [2.75, 3.05) is 26.8 Å². The summed E-state index contributed by atoms with van der Waals surface area (Å²) in [6, 6.07) is 6.27. The minimum absolute atomic E-state index is 0.566. The number of para-hydroxylation sites is 1. The van der Waals surface area contributed by atoms with E-state index in [0.717, 1.165) is 24.0 Å². The van der Waals surface area contributed by atoms with Gasteiger partial charge in [0.2, 0.25) is 0 Å². The van der Waals surface area contributed by atoms with E-state index in [2.05, 4.69) is 17.4 Å². The predicted octanol–water partition coefficient (Wildman–Crippen LogP) is 2.17. The van der Waals surface area contributed by atoms with Crippen LogP contribution in [0.25, 0.3) is 0 Å². The molecule has 0 saturated heterocycles. The number of benzene rings is 1. The monoisotopic (exact) mass is 233 g/mol. The van der Waals surface area contributed by atoms with Crippen LogP contribution < -0.4 is 14.8 Å². The van der Waals surface area contributed by atoms with E-state index in [0.29, 0.717) is 19.1 Å². The van der Waals surface area contributed by atoms with Crippen LogP contribution in [0.1, 0.15) is 24.3 Å². The molecule has 1 heterocycles. The van der Waals surface area contributed by atoms with Gasteiger partial charge in [-0.05, 0) is 31.9 Å². The van der Waals surface area contributed by atoms with E-state index in [1.54, 1.807) is 0 Å². The number of rotatable bonds is 4. The average molecular weight is 233 g/mol. The van der Waals surface area contributed by atoms with Gasteiger partial charge in [-0.25, -0.2) is 0 Å². The fraction of sp³-hybridized carbons (Fsp3) is 0.571. The van der Waals surface area contributed by atoms with E-state index >= 15 is 0 Å². The van der Waals surface area contributed by atoms with Crippen LogP contribution in [-0.2, 0) is 0 Å². The molecule has 1 N–H and O–H groups in total. The Balaban J connectivity index is 1.94. The molecule has 0 amide bonds. The summed E-state index contributed by atoms with van der Waals surface area (Å²) in [4.78, 5) is 0. The minimum atomic E-state index is 0.566. The first-order valence-corrected chi connectivity index (χ1v) is 6.43. The lowest BCUT2D eigenvalue weighted by Gasteiger charge is -2.25. The summed E-state index contributed by atoms with van der Waals surface area (Å²) in [7, 11) is 2.02. The number of hydrogen-bond acceptors (Lipinski definition) is 3. The molecular weight excluding hydrogens is 214 g/mol. The zero-order valence-electron chi connectivity index (χ0n) is 10.2. The third-order valence-corrected chi connectivity index (χ3v) is 3.61. The molecule has 2 aliphatic rings. The number of likely N-dealkylation sites (N-methyl/N-ethyl adjacent to an activating group) is 1. The molecule has 1 aromatic carbocycles. The summed E-state index contributed by atoms with van der Waals surface area (Å²) in [5.74, 6) is 3.28. The topological polar surface area (TPSA) is 30.5 Å². The summed E-state index contributed by atoms with van der Waals surface area (Å²) in [5.41, 5.74) is 1.32. The van der Waals surface area contributed by atoms with Crippen LogP contribution in [0, 0.1) is 5.92 Å². The third kappa shape index (κ3) is 2.12. The smallest absolute Gasteiger partial charge is 0.164 e. The molecule has 1 aromatic rings. The lowest BCUT2D eigenvalue weighted by atomic mass is 9.93. The van der Waals surface area contributed by atoms with Crippen molar-refractivity contribution in [3.05, 3.63) is 23.8 Å². The summed E-state index contributed by atoms with van der Waals surface area (Å²) in [6.07, 6.45) is 2.69. The van der Waals surface area contributed by atoms with Crippen LogP contribution >= 0.6 is 0 Å². The van der Waals surface area contributed by atoms with Crippen LogP contribution in [0.5, 0.6) is 11.5 Å². The van der Waals surface area contributed by atoms with Gasteiger partial charge in [0.1, 0.15) is 13.2 Å². The van der Waals surface area contributed by atoms with Gasteiger partial charge >= 0.3 is 0 Å². The van der Waals surface area contributed by atoms with Gasteiger partial charge in [0, 0.05) is 18.0 Å². The Kier molecular flexibility index (Phi) is 2.93. The second-order valence-corrected chi connectivity index (χ2v) is 4.87. The molecule has 0 spiro atoms. The third-order valence-electron chi connectivity index (χ3n) is 3.61. The van der Waals surface area contributed by atoms with Crippen LogP contribution in [-0.4, -0.2) is 26.8 Å². The molecule has 1 saturated carbocycles. The van der Waals surface area contributed by atoms with E-state index < -0.39 is 0 Å². The molecule has 92 valence electrons. The molecule has 1 fully saturated rings. The molecule has 3 rings (SSSR count). The maximum absolute atomic E-state index is 5.81. The fourth-order valence-electron chi connectivity index (χ4n) is 2.64. The van der Waals surface area contributed by atoms with Gasteiger partial charge in [-0.1, -0.05) is 12.1 Å². The Bertz CT molecular complexity index is 401. The molecule has 3 heteroatoms. The van der Waals surface area contributed by atoms with E-state index in [1.807, 2.05) is 13.1 Å². The van der Waals surface area contributed by atoms with E-state index in [4.69, 9.17) is 9.47 Å². The van der Waals surface area contributed by atoms with Gasteiger partial charge in [0.15, 0.2) is 11.5 Å². The van der Waals surface area contributed by atoms with Gasteiger partial charge in [-0.3, -0.25) is 0 Å². The molecule has 1 aliphatic carbocycles. The van der Waals surface area contributed by atoms with Crippen molar-refractivity contribution in [1.82, 2.24) is 5.32 Å². The van der Waals surface area contributed by atoms with Gasteiger partial charge in [-0.15, -0.1) is 0 Å². The average Bonchev–Trinajstić information content (AvgIpc) is 3.20. The summed E-state index contributed by atoms with van der Waals surface area (Å²) in [6.45, 7) is 2.35. The molecule has 0 radical (unpaired) electrons. The van der Waals surface area contributed by atoms with Crippen molar-refractivity contribution < 1.29 is 9.47 Å². The summed E-state index contributed by atoms with van der Waals surface area (Å²) in [5, 5.41) is 3.30. The minimum Gasteiger partial charge on any atom is -0.486 e. The van der Waals surface area contributed by atoms with Crippen LogP contribution in [0.2, 0.25) is 0 Å². The zero-order chi connectivity index (χ0) is 11.7. The highest BCUT2D eigenvalue weighted by atomic mass is 16.6. The number of hydrogen-bond donors (Lipinski definition) is 1. The Labute approximate surface area is 102 Å². The molecule has 1 aliphatic heterocycles. The molecule has 17 heavy (non-hydrogen) atoms. The second kappa shape index (κ2) is 4.57. The van der Waals surface area contributed by atoms with Crippen molar-refractivity contribution in [2.45, 2.75) is 18.8 Å². The van der Waals surface area contributed by atoms with Gasteiger partial charge in [0.25, 0.3) is 0 Å². The fourth-order valence-corrected chi connectivity index (χ4v) is 2.64. The lowest BCUT2D eigenvalue weighted by Crippen LogP contribution is -2.22. The van der Waals surface area contributed by atoms with Gasteiger partial charge < -0.3 is 14.8 Å². The normalized spacial score (nSPS) is 20.1. The molecule has 3 nitrogen and oxygen atoms in total. The van der Waals surface area contributed by atoms with Crippen LogP contribution in [0.4, 0.5) is 0 Å². The Morgan fingerprint density at radius 1 is 1.29 bits per heavy atom. The van der Waals surface area contributed by atoms with Crippen LogP contribution in [0.15, 0.2) is 18.2 Å². The van der Waals surface area contributed by atoms with Crippen molar-refractivity contribution in [1.29, 1.82) is 0 Å². The predicted molar refractivity (Wildman–Crippen MR) is 66.8 cm³/mol. The standard InChI is InChI=1S/C14H19NO2/c1-15-9-12(10-5-6-10)11-3-2-4-13-14(11)17-8-7-16-13/h2-4,10,12,15H,5-9H2,1H3. The zero-order valence-corrected chi connectivity index (χ0v) is 10.2. The number of ether oxygens (including phenoxy) is 2. The first-order valence-electron chi connectivity index (χ1n) is 6.43. The van der Waals surface area contributed by atoms with E-state index in [9.17, 15) is 0 Å². The number of fused-ring (bicyclic) bond motifs is 1. The second-order valence-electron chi connectivity index (χ2n) is 4.87. The van der Waals surface area contributed by atoms with Crippen molar-refractivity contribution in [3.63, 3.8) is 0 Å². The maximum Gasteiger partial charge on any atom is 0.164 e. The van der Waals surface area contributed by atoms with Gasteiger partial charge in [0.05, 0.1) is 0 Å². The highest BCUT2D eigenvalue weighted by molar-refractivity contribution is 5.49. The highest BCUT2D eigenvalue weighted by Crippen LogP contribution is 2.47. The summed E-state index contributed by atoms with van der Waals surface area (Å²) < 4.78 is 11.5. The Morgan fingerprint density at radius 2 is 2.12 bits per heavy atom.